The van der Waals surface area contributed by atoms with E-state index in [2.05, 4.69) is 4.98 Å². The lowest BCUT2D eigenvalue weighted by molar-refractivity contribution is 0.0687. The number of nitrogens with zero attached hydrogens (tertiary/aromatic N) is 2. The molecule has 0 aliphatic carbocycles. The molecule has 2 aromatic carbocycles. The number of carbonyl (C=O) groups is 2. The summed E-state index contributed by atoms with van der Waals surface area (Å²) in [5.74, 6) is -3.60. The second-order valence-corrected chi connectivity index (χ2v) is 7.17. The molecule has 1 N–H and O–H groups in total. The number of halogens is 4. The van der Waals surface area contributed by atoms with Gasteiger partial charge in [0.2, 0.25) is 0 Å². The van der Waals surface area contributed by atoms with Crippen LogP contribution in [0, 0.1) is 11.6 Å². The Morgan fingerprint density at radius 2 is 1.70 bits per heavy atom. The van der Waals surface area contributed by atoms with Crippen LogP contribution < -0.4 is 0 Å². The van der Waals surface area contributed by atoms with Crippen LogP contribution in [0.3, 0.4) is 0 Å². The number of pyridine rings is 1. The van der Waals surface area contributed by atoms with Crippen molar-refractivity contribution in [1.29, 1.82) is 0 Å². The van der Waals surface area contributed by atoms with Crippen LogP contribution in [0.5, 0.6) is 0 Å². The van der Waals surface area contributed by atoms with Crippen molar-refractivity contribution in [3.8, 4) is 0 Å². The summed E-state index contributed by atoms with van der Waals surface area (Å²) in [5, 5.41) is 9.52. The topological polar surface area (TPSA) is 70.5 Å². The zero-order chi connectivity index (χ0) is 21.8. The Kier molecular flexibility index (Phi) is 6.64. The average Bonchev–Trinajstić information content (AvgIpc) is 2.70. The van der Waals surface area contributed by atoms with Gasteiger partial charge in [-0.3, -0.25) is 4.79 Å². The smallest absolute Gasteiger partial charge is 0.354 e. The number of amides is 1. The van der Waals surface area contributed by atoms with Gasteiger partial charge in [0.1, 0.15) is 17.3 Å². The molecular formula is C21H14Cl2F2N2O3. The highest BCUT2D eigenvalue weighted by atomic mass is 35.5. The van der Waals surface area contributed by atoms with Crippen LogP contribution in [0.15, 0.2) is 54.7 Å². The van der Waals surface area contributed by atoms with Gasteiger partial charge in [0.25, 0.3) is 5.91 Å². The highest BCUT2D eigenvalue weighted by Gasteiger charge is 2.20. The predicted molar refractivity (Wildman–Crippen MR) is 108 cm³/mol. The van der Waals surface area contributed by atoms with Gasteiger partial charge in [-0.05, 0) is 35.4 Å². The van der Waals surface area contributed by atoms with Crippen molar-refractivity contribution < 1.29 is 23.5 Å². The third-order valence-electron chi connectivity index (χ3n) is 4.21. The molecule has 3 aromatic rings. The van der Waals surface area contributed by atoms with Crippen molar-refractivity contribution >= 4 is 35.1 Å². The van der Waals surface area contributed by atoms with Crippen LogP contribution in [0.25, 0.3) is 0 Å². The van der Waals surface area contributed by atoms with E-state index < -0.39 is 23.5 Å². The maximum Gasteiger partial charge on any atom is 0.354 e. The van der Waals surface area contributed by atoms with Gasteiger partial charge in [0.15, 0.2) is 0 Å². The Hall–Kier alpha value is -3.03. The minimum absolute atomic E-state index is 0.00294. The van der Waals surface area contributed by atoms with Crippen molar-refractivity contribution in [2.24, 2.45) is 0 Å². The molecular weight excluding hydrogens is 437 g/mol. The average molecular weight is 451 g/mol. The summed E-state index contributed by atoms with van der Waals surface area (Å²) in [5.41, 5.74) is 0.718. The van der Waals surface area contributed by atoms with Crippen molar-refractivity contribution in [1.82, 2.24) is 9.88 Å². The van der Waals surface area contributed by atoms with Gasteiger partial charge in [0.05, 0.1) is 10.0 Å². The zero-order valence-electron chi connectivity index (χ0n) is 15.3. The molecule has 0 aliphatic heterocycles. The van der Waals surface area contributed by atoms with Gasteiger partial charge in [-0.15, -0.1) is 0 Å². The summed E-state index contributed by atoms with van der Waals surface area (Å²) in [6.45, 7) is -0.0102. The number of aromatic nitrogens is 1. The van der Waals surface area contributed by atoms with Gasteiger partial charge in [-0.25, -0.2) is 18.6 Å². The molecule has 1 aromatic heterocycles. The largest absolute Gasteiger partial charge is 0.477 e. The quantitative estimate of drug-likeness (QED) is 0.559. The summed E-state index contributed by atoms with van der Waals surface area (Å²) >= 11 is 12.3. The molecule has 0 bridgehead atoms. The number of aromatic carboxylic acids is 1. The molecule has 3 rings (SSSR count). The summed E-state index contributed by atoms with van der Waals surface area (Å²) < 4.78 is 27.3. The molecule has 0 radical (unpaired) electrons. The molecule has 0 saturated heterocycles. The summed E-state index contributed by atoms with van der Waals surface area (Å²) in [4.78, 5) is 29.1. The third-order valence-corrected chi connectivity index (χ3v) is 5.06. The van der Waals surface area contributed by atoms with E-state index in [0.717, 1.165) is 12.1 Å². The molecule has 5 nitrogen and oxygen atoms in total. The predicted octanol–water partition coefficient (Wildman–Crippen LogP) is 5.21. The molecule has 1 amide bonds. The number of hydrogen-bond acceptors (Lipinski definition) is 3. The van der Waals surface area contributed by atoms with E-state index in [4.69, 9.17) is 28.3 Å². The number of carboxylic acid groups (broad SMARTS) is 1. The second-order valence-electron chi connectivity index (χ2n) is 6.39. The zero-order valence-corrected chi connectivity index (χ0v) is 16.8. The fraction of sp³-hybridized carbons (Fsp3) is 0.0952. The highest BCUT2D eigenvalue weighted by molar-refractivity contribution is 6.42. The van der Waals surface area contributed by atoms with Crippen molar-refractivity contribution in [2.75, 3.05) is 0 Å². The minimum Gasteiger partial charge on any atom is -0.477 e. The van der Waals surface area contributed by atoms with Gasteiger partial charge < -0.3 is 10.0 Å². The molecule has 0 unspecified atom stereocenters. The Labute approximate surface area is 180 Å². The first kappa shape index (κ1) is 21.7. The van der Waals surface area contributed by atoms with Crippen LogP contribution >= 0.6 is 23.2 Å². The Morgan fingerprint density at radius 3 is 2.30 bits per heavy atom. The van der Waals surface area contributed by atoms with E-state index in [0.29, 0.717) is 22.2 Å². The number of benzene rings is 2. The highest BCUT2D eigenvalue weighted by Crippen LogP contribution is 2.27. The summed E-state index contributed by atoms with van der Waals surface area (Å²) in [6.07, 6.45) is 1.31. The fourth-order valence-corrected chi connectivity index (χ4v) is 3.18. The van der Waals surface area contributed by atoms with Crippen LogP contribution in [-0.4, -0.2) is 26.9 Å². The summed E-state index contributed by atoms with van der Waals surface area (Å²) in [6, 6.07) is 10.3. The van der Waals surface area contributed by atoms with Crippen molar-refractivity contribution in [3.63, 3.8) is 0 Å². The van der Waals surface area contributed by atoms with E-state index in [-0.39, 0.29) is 29.4 Å². The van der Waals surface area contributed by atoms with E-state index in [9.17, 15) is 18.4 Å². The number of carboxylic acids is 1. The monoisotopic (exact) mass is 450 g/mol. The summed E-state index contributed by atoms with van der Waals surface area (Å²) in [7, 11) is 0. The van der Waals surface area contributed by atoms with Gasteiger partial charge in [0, 0.05) is 30.9 Å². The molecule has 154 valence electrons. The maximum atomic E-state index is 13.6. The van der Waals surface area contributed by atoms with Crippen LogP contribution in [0.4, 0.5) is 8.78 Å². The lowest BCUT2D eigenvalue weighted by atomic mass is 10.1. The Bertz CT molecular complexity index is 1090. The molecule has 0 atom stereocenters. The fourth-order valence-electron chi connectivity index (χ4n) is 2.80. The number of carbonyl (C=O) groups excluding carboxylic acids is 1. The van der Waals surface area contributed by atoms with Gasteiger partial charge >= 0.3 is 5.97 Å². The van der Waals surface area contributed by atoms with Crippen LogP contribution in [0.1, 0.15) is 32.0 Å². The first-order chi connectivity index (χ1) is 14.2. The Morgan fingerprint density at radius 1 is 1.00 bits per heavy atom. The normalized spacial score (nSPS) is 10.7. The van der Waals surface area contributed by atoms with Crippen molar-refractivity contribution in [3.05, 3.63) is 98.8 Å². The van der Waals surface area contributed by atoms with E-state index in [1.165, 1.54) is 23.2 Å². The first-order valence-corrected chi connectivity index (χ1v) is 9.36. The molecule has 0 aliphatic rings. The lowest BCUT2D eigenvalue weighted by Crippen LogP contribution is -2.30. The first-order valence-electron chi connectivity index (χ1n) is 8.61. The van der Waals surface area contributed by atoms with E-state index >= 15 is 0 Å². The van der Waals surface area contributed by atoms with Crippen molar-refractivity contribution in [2.45, 2.75) is 13.1 Å². The molecule has 30 heavy (non-hydrogen) atoms. The second kappa shape index (κ2) is 9.19. The molecule has 0 fully saturated rings. The molecule has 0 spiro atoms. The maximum absolute atomic E-state index is 13.6. The number of hydrogen-bond donors (Lipinski definition) is 1. The van der Waals surface area contributed by atoms with E-state index in [1.54, 1.807) is 18.2 Å². The van der Waals surface area contributed by atoms with Crippen LogP contribution in [0.2, 0.25) is 10.0 Å². The third kappa shape index (κ3) is 5.11. The van der Waals surface area contributed by atoms with Crippen LogP contribution in [-0.2, 0) is 13.1 Å². The molecule has 9 heteroatoms. The van der Waals surface area contributed by atoms with Gasteiger partial charge in [-0.2, -0.15) is 0 Å². The minimum atomic E-state index is -1.18. The molecule has 0 saturated carbocycles. The lowest BCUT2D eigenvalue weighted by Gasteiger charge is -2.24. The SMILES string of the molecule is O=C(O)c1ccc(CN(Cc2cccc(Cl)c2Cl)C(=O)c2cc(F)cc(F)c2)cn1. The Balaban J connectivity index is 1.95. The molecule has 1 heterocycles. The van der Waals surface area contributed by atoms with Gasteiger partial charge in [-0.1, -0.05) is 41.4 Å². The van der Waals surface area contributed by atoms with E-state index in [1.807, 2.05) is 0 Å². The number of rotatable bonds is 6. The standard InChI is InChI=1S/C21H14Cl2F2N2O3/c22-17-3-1-2-13(19(17)23)11-27(10-12-4-5-18(21(29)30)26-9-12)20(28)14-6-15(24)8-16(25)7-14/h1-9H,10-11H2,(H,29,30).